The van der Waals surface area contributed by atoms with E-state index in [2.05, 4.69) is 15.5 Å². The highest BCUT2D eigenvalue weighted by Gasteiger charge is 2.23. The number of rotatable bonds is 5. The van der Waals surface area contributed by atoms with Gasteiger partial charge in [-0.15, -0.1) is 10.2 Å². The summed E-state index contributed by atoms with van der Waals surface area (Å²) in [6, 6.07) is 14.8. The number of ether oxygens (including phenoxy) is 1. The number of hydrogen-bond donors (Lipinski definition) is 1. The van der Waals surface area contributed by atoms with Gasteiger partial charge in [-0.3, -0.25) is 14.9 Å². The minimum Gasteiger partial charge on any atom is -0.451 e. The van der Waals surface area contributed by atoms with Crippen molar-refractivity contribution in [3.8, 4) is 11.1 Å². The van der Waals surface area contributed by atoms with E-state index in [1.807, 2.05) is 37.3 Å². The second-order valence-electron chi connectivity index (χ2n) is 7.25. The van der Waals surface area contributed by atoms with E-state index in [0.29, 0.717) is 26.5 Å². The molecule has 8 nitrogen and oxygen atoms in total. The largest absolute Gasteiger partial charge is 0.451 e. The number of esters is 1. The van der Waals surface area contributed by atoms with E-state index in [9.17, 15) is 14.4 Å². The lowest BCUT2D eigenvalue weighted by Gasteiger charge is -2.16. The van der Waals surface area contributed by atoms with Crippen molar-refractivity contribution >= 4 is 39.1 Å². The highest BCUT2D eigenvalue weighted by molar-refractivity contribution is 7.15. The van der Waals surface area contributed by atoms with Gasteiger partial charge in [-0.1, -0.05) is 59.4 Å². The van der Waals surface area contributed by atoms with Gasteiger partial charge in [0.15, 0.2) is 6.61 Å². The van der Waals surface area contributed by atoms with Gasteiger partial charge in [-0.2, -0.15) is 0 Å². The van der Waals surface area contributed by atoms with Gasteiger partial charge in [-0.05, 0) is 30.9 Å². The van der Waals surface area contributed by atoms with Crippen LogP contribution in [0.4, 0.5) is 5.13 Å². The Labute approximate surface area is 187 Å². The Balaban J connectivity index is 1.72. The van der Waals surface area contributed by atoms with Gasteiger partial charge < -0.3 is 9.30 Å². The van der Waals surface area contributed by atoms with Crippen molar-refractivity contribution in [3.05, 3.63) is 75.1 Å². The Kier molecular flexibility index (Phi) is 5.83. The third-order valence-corrected chi connectivity index (χ3v) is 5.70. The second kappa shape index (κ2) is 8.72. The number of aryl methyl sites for hydroxylation is 2. The molecule has 0 aliphatic carbocycles. The lowest BCUT2D eigenvalue weighted by Crippen LogP contribution is -2.28. The molecule has 0 radical (unpaired) electrons. The standard InChI is InChI=1S/C23H20N4O4S/c1-13-8-10-15(11-9-13)19-16-6-4-5-7-17(16)21(29)27(3)20(19)22(30)31-12-18(28)24-23-26-25-14(2)32-23/h4-11H,12H2,1-3H3,(H,24,26,28). The molecule has 2 aromatic heterocycles. The number of pyridine rings is 1. The van der Waals surface area contributed by atoms with Crippen molar-refractivity contribution in [2.24, 2.45) is 7.05 Å². The van der Waals surface area contributed by atoms with E-state index < -0.39 is 18.5 Å². The Morgan fingerprint density at radius 2 is 1.72 bits per heavy atom. The molecule has 0 spiro atoms. The van der Waals surface area contributed by atoms with Crippen LogP contribution in [0.25, 0.3) is 21.9 Å². The lowest BCUT2D eigenvalue weighted by atomic mass is 9.96. The van der Waals surface area contributed by atoms with Crippen LogP contribution in [0.15, 0.2) is 53.3 Å². The zero-order valence-electron chi connectivity index (χ0n) is 17.7. The van der Waals surface area contributed by atoms with Gasteiger partial charge >= 0.3 is 5.97 Å². The van der Waals surface area contributed by atoms with E-state index in [1.165, 1.54) is 23.0 Å². The fraction of sp³-hybridized carbons (Fsp3) is 0.174. The van der Waals surface area contributed by atoms with Gasteiger partial charge in [0, 0.05) is 18.0 Å². The minimum absolute atomic E-state index is 0.0807. The number of fused-ring (bicyclic) bond motifs is 1. The Morgan fingerprint density at radius 3 is 2.38 bits per heavy atom. The molecule has 162 valence electrons. The number of benzene rings is 2. The van der Waals surface area contributed by atoms with Crippen molar-refractivity contribution in [1.29, 1.82) is 0 Å². The van der Waals surface area contributed by atoms with Gasteiger partial charge in [-0.25, -0.2) is 4.79 Å². The fourth-order valence-electron chi connectivity index (χ4n) is 3.42. The number of nitrogens with one attached hydrogen (secondary N) is 1. The monoisotopic (exact) mass is 448 g/mol. The average molecular weight is 449 g/mol. The summed E-state index contributed by atoms with van der Waals surface area (Å²) < 4.78 is 6.55. The topological polar surface area (TPSA) is 103 Å². The molecule has 32 heavy (non-hydrogen) atoms. The SMILES string of the molecule is Cc1ccc(-c2c(C(=O)OCC(=O)Nc3nnc(C)s3)n(C)c(=O)c3ccccc23)cc1. The molecule has 4 aromatic rings. The normalized spacial score (nSPS) is 10.8. The molecular weight excluding hydrogens is 428 g/mol. The molecule has 1 amide bonds. The van der Waals surface area contributed by atoms with Crippen molar-refractivity contribution < 1.29 is 14.3 Å². The first-order valence-electron chi connectivity index (χ1n) is 9.81. The summed E-state index contributed by atoms with van der Waals surface area (Å²) in [5.41, 5.74) is 2.17. The third-order valence-electron chi connectivity index (χ3n) is 4.94. The first kappa shape index (κ1) is 21.4. The van der Waals surface area contributed by atoms with Crippen molar-refractivity contribution in [2.45, 2.75) is 13.8 Å². The van der Waals surface area contributed by atoms with Crippen LogP contribution in [-0.4, -0.2) is 33.2 Å². The van der Waals surface area contributed by atoms with Crippen LogP contribution in [0.1, 0.15) is 21.1 Å². The van der Waals surface area contributed by atoms with Crippen LogP contribution in [0, 0.1) is 13.8 Å². The summed E-state index contributed by atoms with van der Waals surface area (Å²) in [6.45, 7) is 3.21. The number of hydrogen-bond acceptors (Lipinski definition) is 7. The quantitative estimate of drug-likeness (QED) is 0.469. The zero-order valence-corrected chi connectivity index (χ0v) is 18.5. The van der Waals surface area contributed by atoms with Gasteiger partial charge in [0.2, 0.25) is 5.13 Å². The Morgan fingerprint density at radius 1 is 1.03 bits per heavy atom. The van der Waals surface area contributed by atoms with Crippen molar-refractivity contribution in [3.63, 3.8) is 0 Å². The van der Waals surface area contributed by atoms with Crippen LogP contribution >= 0.6 is 11.3 Å². The molecule has 9 heteroatoms. The van der Waals surface area contributed by atoms with Gasteiger partial charge in [0.25, 0.3) is 11.5 Å². The number of anilines is 1. The molecule has 0 fully saturated rings. The molecule has 0 saturated heterocycles. The van der Waals surface area contributed by atoms with Crippen LogP contribution in [0.2, 0.25) is 0 Å². The molecule has 2 heterocycles. The van der Waals surface area contributed by atoms with Gasteiger partial charge in [0.1, 0.15) is 10.7 Å². The first-order chi connectivity index (χ1) is 15.3. The Hall–Kier alpha value is -3.85. The first-order valence-corrected chi connectivity index (χ1v) is 10.6. The van der Waals surface area contributed by atoms with E-state index in [1.54, 1.807) is 25.1 Å². The van der Waals surface area contributed by atoms with Crippen molar-refractivity contribution in [2.75, 3.05) is 11.9 Å². The van der Waals surface area contributed by atoms with Crippen LogP contribution in [0.5, 0.6) is 0 Å². The predicted octanol–water partition coefficient (Wildman–Crippen LogP) is 3.47. The molecule has 4 rings (SSSR count). The van der Waals surface area contributed by atoms with E-state index >= 15 is 0 Å². The molecule has 0 unspecified atom stereocenters. The molecule has 0 atom stereocenters. The summed E-state index contributed by atoms with van der Waals surface area (Å²) >= 11 is 1.21. The number of nitrogens with zero attached hydrogens (tertiary/aromatic N) is 3. The zero-order chi connectivity index (χ0) is 22.8. The maximum Gasteiger partial charge on any atom is 0.356 e. The summed E-state index contributed by atoms with van der Waals surface area (Å²) in [5.74, 6) is -1.31. The molecule has 0 saturated carbocycles. The van der Waals surface area contributed by atoms with Gasteiger partial charge in [0.05, 0.1) is 0 Å². The van der Waals surface area contributed by atoms with Crippen molar-refractivity contribution in [1.82, 2.24) is 14.8 Å². The third kappa shape index (κ3) is 4.15. The maximum absolute atomic E-state index is 13.1. The number of carbonyl (C=O) groups is 2. The van der Waals surface area contributed by atoms with E-state index in [4.69, 9.17) is 4.74 Å². The molecule has 2 aromatic carbocycles. The minimum atomic E-state index is -0.769. The fourth-order valence-corrected chi connectivity index (χ4v) is 4.03. The summed E-state index contributed by atoms with van der Waals surface area (Å²) in [5, 5.41) is 12.3. The number of aromatic nitrogens is 3. The molecule has 0 aliphatic rings. The summed E-state index contributed by atoms with van der Waals surface area (Å²) in [7, 11) is 1.52. The van der Waals surface area contributed by atoms with E-state index in [-0.39, 0.29) is 11.3 Å². The predicted molar refractivity (Wildman–Crippen MR) is 123 cm³/mol. The smallest absolute Gasteiger partial charge is 0.356 e. The van der Waals surface area contributed by atoms with Crippen LogP contribution in [0.3, 0.4) is 0 Å². The summed E-state index contributed by atoms with van der Waals surface area (Å²) in [4.78, 5) is 38.2. The van der Waals surface area contributed by atoms with Crippen LogP contribution < -0.4 is 10.9 Å². The molecular formula is C23H20N4O4S. The van der Waals surface area contributed by atoms with Crippen LogP contribution in [-0.2, 0) is 16.6 Å². The maximum atomic E-state index is 13.1. The number of amides is 1. The number of carbonyl (C=O) groups excluding carboxylic acids is 2. The lowest BCUT2D eigenvalue weighted by molar-refractivity contribution is -0.119. The van der Waals surface area contributed by atoms with E-state index in [0.717, 1.165) is 11.1 Å². The molecule has 1 N–H and O–H groups in total. The average Bonchev–Trinajstić information content (AvgIpc) is 3.19. The highest BCUT2D eigenvalue weighted by Crippen LogP contribution is 2.31. The highest BCUT2D eigenvalue weighted by atomic mass is 32.1. The Bertz CT molecular complexity index is 1390. The second-order valence-corrected chi connectivity index (χ2v) is 8.43. The molecule has 0 bridgehead atoms. The molecule has 0 aliphatic heterocycles. The summed E-state index contributed by atoms with van der Waals surface area (Å²) in [6.07, 6.45) is 0.